The van der Waals surface area contributed by atoms with E-state index in [2.05, 4.69) is 5.32 Å². The lowest BCUT2D eigenvalue weighted by Crippen LogP contribution is -2.64. The summed E-state index contributed by atoms with van der Waals surface area (Å²) in [6.45, 7) is 0.0458. The van der Waals surface area contributed by atoms with Crippen molar-refractivity contribution in [1.82, 2.24) is 5.32 Å². The molecule has 0 aromatic carbocycles. The molecule has 0 aromatic heterocycles. The monoisotopic (exact) mass is 141 g/mol. The summed E-state index contributed by atoms with van der Waals surface area (Å²) in [5.74, 6) is 0. The van der Waals surface area contributed by atoms with E-state index in [1.807, 2.05) is 0 Å². The van der Waals surface area contributed by atoms with Gasteiger partial charge in [-0.05, 0) is 0 Å². The van der Waals surface area contributed by atoms with Crippen LogP contribution in [-0.4, -0.2) is 30.0 Å². The molecule has 1 rings (SSSR count). The Hall–Kier alpha value is -0.290. The average Bonchev–Trinajstić information content (AvgIpc) is 1.57. The Labute approximate surface area is 49.7 Å². The van der Waals surface area contributed by atoms with E-state index < -0.39 is 18.3 Å². The van der Waals surface area contributed by atoms with Gasteiger partial charge in [-0.25, -0.2) is 0 Å². The van der Waals surface area contributed by atoms with Crippen LogP contribution in [-0.2, 0) is 0 Å². The second kappa shape index (κ2) is 1.85. The first-order valence-electron chi connectivity index (χ1n) is 2.50. The lowest BCUT2D eigenvalue weighted by molar-refractivity contribution is -0.198. The van der Waals surface area contributed by atoms with E-state index in [1.54, 1.807) is 0 Å². The second-order valence-electron chi connectivity index (χ2n) is 1.99. The van der Waals surface area contributed by atoms with Crippen LogP contribution in [0.25, 0.3) is 0 Å². The van der Waals surface area contributed by atoms with Crippen molar-refractivity contribution in [3.63, 3.8) is 0 Å². The maximum atomic E-state index is 11.5. The lowest BCUT2D eigenvalue weighted by Gasteiger charge is -2.35. The van der Waals surface area contributed by atoms with Gasteiger partial charge in [0.05, 0.1) is 6.10 Å². The molecule has 0 aromatic rings. The molecule has 54 valence electrons. The first kappa shape index (κ1) is 6.82. The van der Waals surface area contributed by atoms with Crippen molar-refractivity contribution in [3.05, 3.63) is 0 Å². The molecule has 0 bridgehead atoms. The standard InChI is InChI=1S/C4H6F3NO/c5-4(6,7)3-2(9)1-8-3/h2-3,8-9H,1H2/t2-,3?/m1/s1. The van der Waals surface area contributed by atoms with Crippen molar-refractivity contribution in [2.75, 3.05) is 6.54 Å². The highest BCUT2D eigenvalue weighted by Gasteiger charge is 2.49. The van der Waals surface area contributed by atoms with Gasteiger partial charge in [0.25, 0.3) is 0 Å². The predicted octanol–water partition coefficient (Wildman–Crippen LogP) is -0.119. The Morgan fingerprint density at radius 2 is 2.00 bits per heavy atom. The highest BCUT2D eigenvalue weighted by molar-refractivity contribution is 4.92. The minimum absolute atomic E-state index is 0.0458. The Morgan fingerprint density at radius 1 is 1.44 bits per heavy atom. The van der Waals surface area contributed by atoms with Gasteiger partial charge < -0.3 is 10.4 Å². The molecular formula is C4H6F3NO. The van der Waals surface area contributed by atoms with Crippen LogP contribution in [0.1, 0.15) is 0 Å². The van der Waals surface area contributed by atoms with Crippen LogP contribution in [0.2, 0.25) is 0 Å². The smallest absolute Gasteiger partial charge is 0.390 e. The zero-order chi connectivity index (χ0) is 7.07. The second-order valence-corrected chi connectivity index (χ2v) is 1.99. The van der Waals surface area contributed by atoms with Crippen LogP contribution in [0.3, 0.4) is 0 Å². The van der Waals surface area contributed by atoms with Gasteiger partial charge in [-0.3, -0.25) is 0 Å². The third-order valence-corrected chi connectivity index (χ3v) is 1.28. The molecule has 1 saturated heterocycles. The van der Waals surface area contributed by atoms with Gasteiger partial charge in [0.15, 0.2) is 0 Å². The number of alkyl halides is 3. The minimum Gasteiger partial charge on any atom is -0.390 e. The molecule has 2 atom stereocenters. The number of nitrogens with one attached hydrogen (secondary N) is 1. The van der Waals surface area contributed by atoms with Gasteiger partial charge in [-0.15, -0.1) is 0 Å². The first-order chi connectivity index (χ1) is 4.02. The molecule has 5 heteroatoms. The zero-order valence-corrected chi connectivity index (χ0v) is 4.44. The lowest BCUT2D eigenvalue weighted by atomic mass is 10.0. The van der Waals surface area contributed by atoms with Crippen LogP contribution < -0.4 is 5.32 Å². The van der Waals surface area contributed by atoms with E-state index in [9.17, 15) is 13.2 Å². The van der Waals surface area contributed by atoms with Crippen LogP contribution in [0.5, 0.6) is 0 Å². The maximum absolute atomic E-state index is 11.5. The summed E-state index contributed by atoms with van der Waals surface area (Å²) in [5.41, 5.74) is 0. The normalized spacial score (nSPS) is 36.0. The molecule has 0 spiro atoms. The van der Waals surface area contributed by atoms with Crippen LogP contribution >= 0.6 is 0 Å². The Balaban J connectivity index is 2.44. The van der Waals surface area contributed by atoms with Crippen molar-refractivity contribution in [1.29, 1.82) is 0 Å². The summed E-state index contributed by atoms with van der Waals surface area (Å²) >= 11 is 0. The van der Waals surface area contributed by atoms with Gasteiger partial charge >= 0.3 is 6.18 Å². The fourth-order valence-electron chi connectivity index (χ4n) is 0.675. The summed E-state index contributed by atoms with van der Waals surface area (Å²) in [5, 5.41) is 10.5. The summed E-state index contributed by atoms with van der Waals surface area (Å²) in [6, 6.07) is -1.70. The molecule has 1 heterocycles. The Kier molecular flexibility index (Phi) is 1.40. The van der Waals surface area contributed by atoms with Crippen molar-refractivity contribution in [2.24, 2.45) is 0 Å². The molecule has 9 heavy (non-hydrogen) atoms. The largest absolute Gasteiger partial charge is 0.406 e. The fourth-order valence-corrected chi connectivity index (χ4v) is 0.675. The molecule has 0 saturated carbocycles. The SMILES string of the molecule is O[C@@H]1CNC1C(F)(F)F. The van der Waals surface area contributed by atoms with Crippen molar-refractivity contribution < 1.29 is 18.3 Å². The van der Waals surface area contributed by atoms with Crippen LogP contribution in [0.4, 0.5) is 13.2 Å². The summed E-state index contributed by atoms with van der Waals surface area (Å²) in [4.78, 5) is 0. The molecule has 0 radical (unpaired) electrons. The molecule has 0 amide bonds. The van der Waals surface area contributed by atoms with E-state index in [-0.39, 0.29) is 6.54 Å². The van der Waals surface area contributed by atoms with Gasteiger partial charge in [-0.2, -0.15) is 13.2 Å². The number of halogens is 3. The van der Waals surface area contributed by atoms with Crippen LogP contribution in [0, 0.1) is 0 Å². The average molecular weight is 141 g/mol. The maximum Gasteiger partial charge on any atom is 0.406 e. The molecule has 1 aliphatic heterocycles. The summed E-state index contributed by atoms with van der Waals surface area (Å²) in [7, 11) is 0. The molecule has 1 fully saturated rings. The minimum atomic E-state index is -4.29. The van der Waals surface area contributed by atoms with Gasteiger partial charge in [0.2, 0.25) is 0 Å². The third kappa shape index (κ3) is 1.16. The van der Waals surface area contributed by atoms with Gasteiger partial charge in [-0.1, -0.05) is 0 Å². The molecule has 2 nitrogen and oxygen atoms in total. The molecule has 2 N–H and O–H groups in total. The van der Waals surface area contributed by atoms with Crippen molar-refractivity contribution in [2.45, 2.75) is 18.3 Å². The predicted molar refractivity (Wildman–Crippen MR) is 23.9 cm³/mol. The zero-order valence-electron chi connectivity index (χ0n) is 4.44. The highest BCUT2D eigenvalue weighted by Crippen LogP contribution is 2.26. The van der Waals surface area contributed by atoms with E-state index in [0.29, 0.717) is 0 Å². The molecule has 1 aliphatic rings. The topological polar surface area (TPSA) is 32.3 Å². The number of aliphatic hydroxyl groups is 1. The van der Waals surface area contributed by atoms with Crippen molar-refractivity contribution >= 4 is 0 Å². The van der Waals surface area contributed by atoms with Crippen molar-refractivity contribution in [3.8, 4) is 0 Å². The quantitative estimate of drug-likeness (QED) is 0.493. The van der Waals surface area contributed by atoms with E-state index in [4.69, 9.17) is 5.11 Å². The number of hydrogen-bond donors (Lipinski definition) is 2. The van der Waals surface area contributed by atoms with Gasteiger partial charge in [0.1, 0.15) is 6.04 Å². The molecular weight excluding hydrogens is 135 g/mol. The summed E-state index contributed by atoms with van der Waals surface area (Å²) in [6.07, 6.45) is -5.54. The number of rotatable bonds is 0. The highest BCUT2D eigenvalue weighted by atomic mass is 19.4. The fraction of sp³-hybridized carbons (Fsp3) is 1.00. The summed E-state index contributed by atoms with van der Waals surface area (Å²) < 4.78 is 34.6. The first-order valence-corrected chi connectivity index (χ1v) is 2.50. The van der Waals surface area contributed by atoms with E-state index >= 15 is 0 Å². The number of aliphatic hydroxyl groups excluding tert-OH is 1. The van der Waals surface area contributed by atoms with Gasteiger partial charge in [0, 0.05) is 6.54 Å². The Bertz CT molecular complexity index is 113. The van der Waals surface area contributed by atoms with E-state index in [0.717, 1.165) is 0 Å². The van der Waals surface area contributed by atoms with Crippen LogP contribution in [0.15, 0.2) is 0 Å². The number of hydrogen-bond acceptors (Lipinski definition) is 2. The molecule has 1 unspecified atom stereocenters. The van der Waals surface area contributed by atoms with E-state index in [1.165, 1.54) is 0 Å². The Morgan fingerprint density at radius 3 is 2.00 bits per heavy atom. The third-order valence-electron chi connectivity index (χ3n) is 1.28. The number of β-amino-alcohol motifs (C(OH)–C–C–N with tert-alkyl or cyclic N) is 1. The molecule has 0 aliphatic carbocycles.